The second-order valence-electron chi connectivity index (χ2n) is 5.77. The number of rotatable bonds is 3. The van der Waals surface area contributed by atoms with Gasteiger partial charge in [-0.05, 0) is 24.6 Å². The maximum atomic E-state index is 8.80. The van der Waals surface area contributed by atoms with Crippen LogP contribution < -0.4 is 5.32 Å². The van der Waals surface area contributed by atoms with Crippen molar-refractivity contribution in [2.75, 3.05) is 5.32 Å². The fourth-order valence-corrected chi connectivity index (χ4v) is 2.55. The maximum Gasteiger partial charge on any atom is 0.203 e. The minimum atomic E-state index is -0.0336. The van der Waals surface area contributed by atoms with Crippen molar-refractivity contribution in [3.8, 4) is 6.07 Å². The van der Waals surface area contributed by atoms with Gasteiger partial charge in [0.15, 0.2) is 0 Å². The zero-order chi connectivity index (χ0) is 14.8. The molecule has 0 bridgehead atoms. The van der Waals surface area contributed by atoms with E-state index in [-0.39, 0.29) is 11.5 Å². The maximum absolute atomic E-state index is 8.80. The van der Waals surface area contributed by atoms with Gasteiger partial charge in [-0.2, -0.15) is 9.64 Å². The average molecular weight is 286 g/mol. The van der Waals surface area contributed by atoms with Crippen LogP contribution in [-0.4, -0.2) is 9.36 Å². The highest BCUT2D eigenvalue weighted by molar-refractivity contribution is 7.09. The first kappa shape index (κ1) is 14.5. The SMILES string of the molecule is CC(Nc1nc(C(C)(C)C)ns1)c1ccc(C#N)cc1. The lowest BCUT2D eigenvalue weighted by Crippen LogP contribution is -2.13. The van der Waals surface area contributed by atoms with Gasteiger partial charge < -0.3 is 5.32 Å². The molecular formula is C15H18N4S. The smallest absolute Gasteiger partial charge is 0.203 e. The van der Waals surface area contributed by atoms with Crippen molar-refractivity contribution in [3.05, 3.63) is 41.2 Å². The molecule has 1 heterocycles. The molecule has 0 radical (unpaired) electrons. The van der Waals surface area contributed by atoms with E-state index in [0.29, 0.717) is 5.56 Å². The van der Waals surface area contributed by atoms with Crippen LogP contribution in [0.4, 0.5) is 5.13 Å². The Morgan fingerprint density at radius 3 is 2.40 bits per heavy atom. The third-order valence-corrected chi connectivity index (χ3v) is 3.62. The average Bonchev–Trinajstić information content (AvgIpc) is 2.87. The van der Waals surface area contributed by atoms with E-state index in [2.05, 4.69) is 48.4 Å². The Bertz CT molecular complexity index is 617. The molecule has 2 rings (SSSR count). The van der Waals surface area contributed by atoms with Gasteiger partial charge in [0.05, 0.1) is 17.7 Å². The van der Waals surface area contributed by atoms with Crippen LogP contribution in [0.5, 0.6) is 0 Å². The lowest BCUT2D eigenvalue weighted by molar-refractivity contribution is 0.555. The van der Waals surface area contributed by atoms with Crippen molar-refractivity contribution in [3.63, 3.8) is 0 Å². The quantitative estimate of drug-likeness (QED) is 0.930. The predicted octanol–water partition coefficient (Wildman–Crippen LogP) is 3.88. The van der Waals surface area contributed by atoms with Crippen molar-refractivity contribution in [1.29, 1.82) is 5.26 Å². The van der Waals surface area contributed by atoms with E-state index in [9.17, 15) is 0 Å². The number of hydrogen-bond acceptors (Lipinski definition) is 5. The molecule has 0 aliphatic rings. The second-order valence-corrected chi connectivity index (χ2v) is 6.52. The van der Waals surface area contributed by atoms with Crippen LogP contribution >= 0.6 is 11.5 Å². The minimum absolute atomic E-state index is 0.0336. The van der Waals surface area contributed by atoms with Crippen LogP contribution in [0, 0.1) is 11.3 Å². The summed E-state index contributed by atoms with van der Waals surface area (Å²) < 4.78 is 4.39. The monoisotopic (exact) mass is 286 g/mol. The predicted molar refractivity (Wildman–Crippen MR) is 81.8 cm³/mol. The van der Waals surface area contributed by atoms with Gasteiger partial charge in [0.25, 0.3) is 0 Å². The van der Waals surface area contributed by atoms with Crippen molar-refractivity contribution in [2.45, 2.75) is 39.2 Å². The molecule has 0 fully saturated rings. The molecule has 1 unspecified atom stereocenters. The molecule has 20 heavy (non-hydrogen) atoms. The summed E-state index contributed by atoms with van der Waals surface area (Å²) in [4.78, 5) is 4.52. The summed E-state index contributed by atoms with van der Waals surface area (Å²) >= 11 is 1.38. The number of nitrogens with one attached hydrogen (secondary N) is 1. The van der Waals surface area contributed by atoms with Crippen LogP contribution in [0.3, 0.4) is 0 Å². The van der Waals surface area contributed by atoms with Gasteiger partial charge in [-0.3, -0.25) is 0 Å². The Balaban J connectivity index is 2.09. The van der Waals surface area contributed by atoms with E-state index in [4.69, 9.17) is 5.26 Å². The molecule has 0 saturated carbocycles. The van der Waals surface area contributed by atoms with Gasteiger partial charge in [-0.15, -0.1) is 0 Å². The third-order valence-electron chi connectivity index (χ3n) is 2.98. The fourth-order valence-electron chi connectivity index (χ4n) is 1.70. The van der Waals surface area contributed by atoms with Crippen molar-refractivity contribution in [1.82, 2.24) is 9.36 Å². The fraction of sp³-hybridized carbons (Fsp3) is 0.400. The first-order valence-electron chi connectivity index (χ1n) is 6.51. The Morgan fingerprint density at radius 2 is 1.90 bits per heavy atom. The highest BCUT2D eigenvalue weighted by Gasteiger charge is 2.20. The molecule has 5 heteroatoms. The van der Waals surface area contributed by atoms with Gasteiger partial charge in [0, 0.05) is 16.9 Å². The van der Waals surface area contributed by atoms with E-state index < -0.39 is 0 Å². The van der Waals surface area contributed by atoms with Gasteiger partial charge in [-0.1, -0.05) is 32.9 Å². The molecule has 0 saturated heterocycles. The summed E-state index contributed by atoms with van der Waals surface area (Å²) in [5.41, 5.74) is 1.76. The van der Waals surface area contributed by atoms with Crippen LogP contribution in [0.15, 0.2) is 24.3 Å². The van der Waals surface area contributed by atoms with Crippen molar-refractivity contribution >= 4 is 16.7 Å². The van der Waals surface area contributed by atoms with E-state index in [1.54, 1.807) is 0 Å². The molecular weight excluding hydrogens is 268 g/mol. The van der Waals surface area contributed by atoms with Gasteiger partial charge in [0.1, 0.15) is 5.82 Å². The van der Waals surface area contributed by atoms with Crippen molar-refractivity contribution < 1.29 is 0 Å². The lowest BCUT2D eigenvalue weighted by atomic mass is 9.96. The van der Waals surface area contributed by atoms with Crippen LogP contribution in [0.1, 0.15) is 50.7 Å². The van der Waals surface area contributed by atoms with Crippen molar-refractivity contribution in [2.24, 2.45) is 0 Å². The van der Waals surface area contributed by atoms with Crippen LogP contribution in [0.2, 0.25) is 0 Å². The van der Waals surface area contributed by atoms with E-state index in [1.807, 2.05) is 24.3 Å². The second kappa shape index (κ2) is 5.59. The van der Waals surface area contributed by atoms with Gasteiger partial charge in [-0.25, -0.2) is 4.98 Å². The highest BCUT2D eigenvalue weighted by atomic mass is 32.1. The number of nitrogens with zero attached hydrogens (tertiary/aromatic N) is 3. The zero-order valence-corrected chi connectivity index (χ0v) is 13.0. The Kier molecular flexibility index (Phi) is 4.05. The summed E-state index contributed by atoms with van der Waals surface area (Å²) in [5.74, 6) is 0.858. The number of nitriles is 1. The summed E-state index contributed by atoms with van der Waals surface area (Å²) in [6.45, 7) is 8.37. The lowest BCUT2D eigenvalue weighted by Gasteiger charge is -2.14. The van der Waals surface area contributed by atoms with E-state index >= 15 is 0 Å². The largest absolute Gasteiger partial charge is 0.354 e. The van der Waals surface area contributed by atoms with Crippen LogP contribution in [-0.2, 0) is 5.41 Å². The Morgan fingerprint density at radius 1 is 1.25 bits per heavy atom. The minimum Gasteiger partial charge on any atom is -0.354 e. The van der Waals surface area contributed by atoms with E-state index in [0.717, 1.165) is 16.5 Å². The normalized spacial score (nSPS) is 12.8. The molecule has 1 aromatic heterocycles. The zero-order valence-electron chi connectivity index (χ0n) is 12.1. The highest BCUT2D eigenvalue weighted by Crippen LogP contribution is 2.25. The number of aromatic nitrogens is 2. The number of hydrogen-bond donors (Lipinski definition) is 1. The summed E-state index contributed by atoms with van der Waals surface area (Å²) in [7, 11) is 0. The first-order valence-corrected chi connectivity index (χ1v) is 7.28. The van der Waals surface area contributed by atoms with Crippen LogP contribution in [0.25, 0.3) is 0 Å². The molecule has 0 spiro atoms. The molecule has 4 nitrogen and oxygen atoms in total. The number of benzene rings is 1. The molecule has 2 aromatic rings. The topological polar surface area (TPSA) is 61.6 Å². The molecule has 0 aliphatic heterocycles. The van der Waals surface area contributed by atoms with Gasteiger partial charge >= 0.3 is 0 Å². The van der Waals surface area contributed by atoms with E-state index in [1.165, 1.54) is 11.5 Å². The Labute approximate surface area is 123 Å². The molecule has 0 amide bonds. The summed E-state index contributed by atoms with van der Waals surface area (Å²) in [6.07, 6.45) is 0. The summed E-state index contributed by atoms with van der Waals surface area (Å²) in [6, 6.07) is 9.83. The van der Waals surface area contributed by atoms with Gasteiger partial charge in [0.2, 0.25) is 5.13 Å². The number of anilines is 1. The molecule has 0 aliphatic carbocycles. The molecule has 1 N–H and O–H groups in total. The molecule has 1 atom stereocenters. The first-order chi connectivity index (χ1) is 9.40. The molecule has 104 valence electrons. The standard InChI is InChI=1S/C15H18N4S/c1-10(12-7-5-11(9-16)6-8-12)17-14-18-13(19-20-14)15(2,3)4/h5-8,10H,1-4H3,(H,17,18,19). The Hall–Kier alpha value is -1.93. The third kappa shape index (κ3) is 3.34. The summed E-state index contributed by atoms with van der Waals surface area (Å²) in [5, 5.41) is 13.0. The molecule has 1 aromatic carbocycles.